The van der Waals surface area contributed by atoms with Crippen molar-refractivity contribution < 1.29 is 33.8 Å². The van der Waals surface area contributed by atoms with E-state index in [-0.39, 0.29) is 18.4 Å². The molecular weight excluding hydrogens is 540 g/mol. The molecule has 3 amide bonds. The Bertz CT molecular complexity index is 1410. The summed E-state index contributed by atoms with van der Waals surface area (Å²) in [4.78, 5) is 40.6. The van der Waals surface area contributed by atoms with E-state index >= 15 is 0 Å². The smallest absolute Gasteiger partial charge is 0.408 e. The SMILES string of the molecule is COc1cc(/C=C/C(=O)NO)ccc1OC[C@H](Cc1c[nH]c2ccccc12)NC(=O)[C@@H](NC(=O)OC(C)(C)C)C(C)C. The topological polar surface area (TPSA) is 151 Å². The highest BCUT2D eigenvalue weighted by atomic mass is 16.6. The van der Waals surface area contributed by atoms with Crippen LogP contribution in [0, 0.1) is 5.92 Å². The van der Waals surface area contributed by atoms with Crippen LogP contribution in [-0.2, 0) is 20.7 Å². The zero-order chi connectivity index (χ0) is 30.9. The lowest BCUT2D eigenvalue weighted by Gasteiger charge is -2.27. The molecule has 0 aliphatic rings. The molecule has 0 unspecified atom stereocenters. The van der Waals surface area contributed by atoms with Gasteiger partial charge in [0, 0.05) is 23.2 Å². The fourth-order valence-electron chi connectivity index (χ4n) is 4.28. The van der Waals surface area contributed by atoms with E-state index in [9.17, 15) is 14.4 Å². The molecule has 1 heterocycles. The fraction of sp³-hybridized carbons (Fsp3) is 0.387. The number of carbonyl (C=O) groups is 3. The number of hydrogen-bond acceptors (Lipinski definition) is 7. The molecule has 3 rings (SSSR count). The molecule has 0 radical (unpaired) electrons. The highest BCUT2D eigenvalue weighted by Crippen LogP contribution is 2.29. The van der Waals surface area contributed by atoms with Gasteiger partial charge in [0.2, 0.25) is 5.91 Å². The number of amides is 3. The van der Waals surface area contributed by atoms with E-state index in [1.807, 2.05) is 44.3 Å². The van der Waals surface area contributed by atoms with Crippen molar-refractivity contribution >= 4 is 34.9 Å². The molecule has 42 heavy (non-hydrogen) atoms. The van der Waals surface area contributed by atoms with Crippen LogP contribution in [0.5, 0.6) is 11.5 Å². The maximum absolute atomic E-state index is 13.5. The van der Waals surface area contributed by atoms with Crippen LogP contribution in [0.2, 0.25) is 0 Å². The van der Waals surface area contributed by atoms with Crippen molar-refractivity contribution in [3.8, 4) is 11.5 Å². The van der Waals surface area contributed by atoms with Crippen LogP contribution in [0.1, 0.15) is 45.7 Å². The summed E-state index contributed by atoms with van der Waals surface area (Å²) in [6.45, 7) is 9.06. The number of aromatic nitrogens is 1. The minimum absolute atomic E-state index is 0.0982. The van der Waals surface area contributed by atoms with Crippen LogP contribution in [0.25, 0.3) is 17.0 Å². The largest absolute Gasteiger partial charge is 0.493 e. The zero-order valence-electron chi connectivity index (χ0n) is 24.8. The van der Waals surface area contributed by atoms with Crippen molar-refractivity contribution in [1.82, 2.24) is 21.1 Å². The summed E-state index contributed by atoms with van der Waals surface area (Å²) >= 11 is 0. The molecule has 0 aliphatic heterocycles. The first-order chi connectivity index (χ1) is 19.9. The average molecular weight is 581 g/mol. The molecule has 0 bridgehead atoms. The van der Waals surface area contributed by atoms with Gasteiger partial charge in [0.25, 0.3) is 5.91 Å². The molecule has 0 spiro atoms. The number of H-pyrrole nitrogens is 1. The van der Waals surface area contributed by atoms with Gasteiger partial charge < -0.3 is 29.8 Å². The summed E-state index contributed by atoms with van der Waals surface area (Å²) in [6, 6.07) is 11.7. The molecule has 11 nitrogen and oxygen atoms in total. The van der Waals surface area contributed by atoms with Crippen molar-refractivity contribution in [2.45, 2.75) is 58.7 Å². The van der Waals surface area contributed by atoms with E-state index in [4.69, 9.17) is 19.4 Å². The number of rotatable bonds is 12. The zero-order valence-corrected chi connectivity index (χ0v) is 24.8. The number of aromatic amines is 1. The minimum Gasteiger partial charge on any atom is -0.493 e. The Morgan fingerprint density at radius 1 is 1.05 bits per heavy atom. The van der Waals surface area contributed by atoms with Crippen molar-refractivity contribution in [2.75, 3.05) is 13.7 Å². The molecule has 226 valence electrons. The van der Waals surface area contributed by atoms with Gasteiger partial charge in [-0.3, -0.25) is 14.8 Å². The van der Waals surface area contributed by atoms with Crippen molar-refractivity contribution in [1.29, 1.82) is 0 Å². The first kappa shape index (κ1) is 32.0. The third-order valence-corrected chi connectivity index (χ3v) is 6.27. The lowest BCUT2D eigenvalue weighted by Crippen LogP contribution is -2.54. The molecule has 0 saturated heterocycles. The number of alkyl carbamates (subject to hydrolysis) is 1. The second-order valence-corrected chi connectivity index (χ2v) is 11.2. The molecule has 11 heteroatoms. The third kappa shape index (κ3) is 9.27. The Balaban J connectivity index is 1.82. The Morgan fingerprint density at radius 2 is 1.79 bits per heavy atom. The van der Waals surface area contributed by atoms with Crippen LogP contribution in [0.3, 0.4) is 0 Å². The Morgan fingerprint density at radius 3 is 2.45 bits per heavy atom. The molecule has 0 saturated carbocycles. The van der Waals surface area contributed by atoms with Gasteiger partial charge in [0.15, 0.2) is 11.5 Å². The molecule has 0 aliphatic carbocycles. The lowest BCUT2D eigenvalue weighted by molar-refractivity contribution is -0.125. The second-order valence-electron chi connectivity index (χ2n) is 11.2. The lowest BCUT2D eigenvalue weighted by atomic mass is 10.0. The van der Waals surface area contributed by atoms with Crippen LogP contribution >= 0.6 is 0 Å². The van der Waals surface area contributed by atoms with Gasteiger partial charge in [-0.05, 0) is 68.5 Å². The summed E-state index contributed by atoms with van der Waals surface area (Å²) in [6.07, 6.45) is 4.38. The number of nitrogens with one attached hydrogen (secondary N) is 4. The Hall–Kier alpha value is -4.51. The van der Waals surface area contributed by atoms with Gasteiger partial charge in [0.05, 0.1) is 13.2 Å². The van der Waals surface area contributed by atoms with Gasteiger partial charge in [-0.25, -0.2) is 10.3 Å². The van der Waals surface area contributed by atoms with E-state index in [1.165, 1.54) is 24.7 Å². The van der Waals surface area contributed by atoms with Crippen LogP contribution in [0.4, 0.5) is 4.79 Å². The third-order valence-electron chi connectivity index (χ3n) is 6.27. The monoisotopic (exact) mass is 580 g/mol. The van der Waals surface area contributed by atoms with Gasteiger partial charge in [-0.15, -0.1) is 0 Å². The second kappa shape index (κ2) is 14.4. The quantitative estimate of drug-likeness (QED) is 0.121. The molecule has 5 N–H and O–H groups in total. The molecule has 2 atom stereocenters. The molecule has 0 fully saturated rings. The number of hydrogen-bond donors (Lipinski definition) is 5. The Kier molecular flexibility index (Phi) is 11.0. The van der Waals surface area contributed by atoms with Crippen molar-refractivity contribution in [3.05, 3.63) is 65.9 Å². The number of ether oxygens (including phenoxy) is 3. The minimum atomic E-state index is -0.831. The number of hydroxylamine groups is 1. The highest BCUT2D eigenvalue weighted by Gasteiger charge is 2.29. The first-order valence-corrected chi connectivity index (χ1v) is 13.7. The molecular formula is C31H40N4O7. The van der Waals surface area contributed by atoms with Crippen molar-refractivity contribution in [2.24, 2.45) is 5.92 Å². The molecule has 1 aromatic heterocycles. The van der Waals surface area contributed by atoms with E-state index in [0.717, 1.165) is 16.5 Å². The first-order valence-electron chi connectivity index (χ1n) is 13.7. The van der Waals surface area contributed by atoms with Gasteiger partial charge >= 0.3 is 6.09 Å². The highest BCUT2D eigenvalue weighted by molar-refractivity contribution is 5.91. The van der Waals surface area contributed by atoms with Crippen molar-refractivity contribution in [3.63, 3.8) is 0 Å². The average Bonchev–Trinajstić information content (AvgIpc) is 3.34. The van der Waals surface area contributed by atoms with Gasteiger partial charge in [0.1, 0.15) is 18.2 Å². The molecule has 3 aromatic rings. The summed E-state index contributed by atoms with van der Waals surface area (Å²) < 4.78 is 17.0. The van der Waals surface area contributed by atoms with Crippen LogP contribution in [-0.4, -0.2) is 59.5 Å². The number of fused-ring (bicyclic) bond motifs is 1. The number of para-hydroxylation sites is 1. The summed E-state index contributed by atoms with van der Waals surface area (Å²) in [7, 11) is 1.50. The predicted molar refractivity (Wildman–Crippen MR) is 159 cm³/mol. The van der Waals surface area contributed by atoms with E-state index in [0.29, 0.717) is 23.5 Å². The van der Waals surface area contributed by atoms with E-state index in [2.05, 4.69) is 15.6 Å². The number of carbonyl (C=O) groups excluding carboxylic acids is 3. The molecule has 2 aromatic carbocycles. The number of methoxy groups -OCH3 is 1. The fourth-order valence-corrected chi connectivity index (χ4v) is 4.28. The predicted octanol–water partition coefficient (Wildman–Crippen LogP) is 4.35. The van der Waals surface area contributed by atoms with Crippen LogP contribution < -0.4 is 25.6 Å². The standard InChI is InChI=1S/C31H40N4O7/c1-19(2)28(34-30(38)42-31(3,4)5)29(37)33-22(16-21-17-32-24-10-8-7-9-23(21)24)18-41-25-13-11-20(15-26(25)40-6)12-14-27(36)35-39/h7-15,17,19,22,28,32,39H,16,18H2,1-6H3,(H,33,37)(H,34,38)(H,35,36)/b14-12+/t22-,28-/m0/s1. The summed E-state index contributed by atoms with van der Waals surface area (Å²) in [5.41, 5.74) is 3.46. The Labute approximate surface area is 245 Å². The summed E-state index contributed by atoms with van der Waals surface area (Å²) in [5, 5.41) is 15.5. The van der Waals surface area contributed by atoms with Gasteiger partial charge in [-0.1, -0.05) is 38.1 Å². The van der Waals surface area contributed by atoms with Crippen LogP contribution in [0.15, 0.2) is 54.7 Å². The summed E-state index contributed by atoms with van der Waals surface area (Å²) in [5.74, 6) is -0.372. The van der Waals surface area contributed by atoms with E-state index in [1.54, 1.807) is 39.0 Å². The number of benzene rings is 2. The van der Waals surface area contributed by atoms with E-state index < -0.39 is 29.7 Å². The normalized spacial score (nSPS) is 13.0. The maximum atomic E-state index is 13.5. The van der Waals surface area contributed by atoms with Gasteiger partial charge in [-0.2, -0.15) is 0 Å². The maximum Gasteiger partial charge on any atom is 0.408 e.